The predicted molar refractivity (Wildman–Crippen MR) is 63.5 cm³/mol. The molecule has 1 aromatic rings. The molecule has 1 aromatic carbocycles. The molecule has 0 saturated carbocycles. The van der Waals surface area contributed by atoms with Gasteiger partial charge < -0.3 is 20.6 Å². The number of hydrogen-bond acceptors (Lipinski definition) is 4. The number of rotatable bonds is 4. The van der Waals surface area contributed by atoms with Crippen molar-refractivity contribution in [1.29, 1.82) is 0 Å². The second-order valence-electron chi connectivity index (χ2n) is 4.09. The minimum atomic E-state index is -1.00. The lowest BCUT2D eigenvalue weighted by Crippen LogP contribution is -2.40. The van der Waals surface area contributed by atoms with E-state index in [9.17, 15) is 14.7 Å². The van der Waals surface area contributed by atoms with Gasteiger partial charge in [0, 0.05) is 11.6 Å². The highest BCUT2D eigenvalue weighted by Crippen LogP contribution is 2.24. The molecule has 0 fully saturated rings. The van der Waals surface area contributed by atoms with Gasteiger partial charge in [0.05, 0.1) is 5.92 Å². The summed E-state index contributed by atoms with van der Waals surface area (Å²) in [7, 11) is 0. The molecule has 1 amide bonds. The maximum atomic E-state index is 11.7. The lowest BCUT2D eigenvalue weighted by atomic mass is 10.0. The van der Waals surface area contributed by atoms with E-state index in [0.29, 0.717) is 0 Å². The van der Waals surface area contributed by atoms with Crippen LogP contribution in [0.15, 0.2) is 18.2 Å². The second-order valence-corrected chi connectivity index (χ2v) is 4.09. The molecule has 2 unspecified atom stereocenters. The van der Waals surface area contributed by atoms with Crippen LogP contribution in [0.1, 0.15) is 24.2 Å². The van der Waals surface area contributed by atoms with Crippen molar-refractivity contribution < 1.29 is 24.9 Å². The Labute approximate surface area is 104 Å². The summed E-state index contributed by atoms with van der Waals surface area (Å²) < 4.78 is 0. The summed E-state index contributed by atoms with van der Waals surface area (Å²) in [4.78, 5) is 22.5. The lowest BCUT2D eigenvalue weighted by molar-refractivity contribution is -0.141. The molecular formula is C12H15NO5. The monoisotopic (exact) mass is 253 g/mol. The average molecular weight is 253 g/mol. The fourth-order valence-electron chi connectivity index (χ4n) is 1.29. The normalized spacial score (nSPS) is 13.7. The number of carboxylic acid groups (broad SMARTS) is 1. The Morgan fingerprint density at radius 1 is 1.17 bits per heavy atom. The van der Waals surface area contributed by atoms with Crippen molar-refractivity contribution in [3.05, 3.63) is 23.8 Å². The van der Waals surface area contributed by atoms with E-state index in [1.807, 2.05) is 0 Å². The number of hydrogen-bond donors (Lipinski definition) is 4. The number of phenols is 2. The molecule has 0 aliphatic heterocycles. The number of aromatic hydroxyl groups is 2. The van der Waals surface area contributed by atoms with Gasteiger partial charge in [0.2, 0.25) is 0 Å². The highest BCUT2D eigenvalue weighted by Gasteiger charge is 2.21. The average Bonchev–Trinajstić information content (AvgIpc) is 2.31. The number of aliphatic carboxylic acids is 1. The number of carboxylic acids is 1. The van der Waals surface area contributed by atoms with Gasteiger partial charge in [-0.15, -0.1) is 0 Å². The molecule has 0 saturated heterocycles. The Kier molecular flexibility index (Phi) is 4.14. The van der Waals surface area contributed by atoms with Gasteiger partial charge in [-0.1, -0.05) is 0 Å². The zero-order chi connectivity index (χ0) is 13.9. The highest BCUT2D eigenvalue weighted by molar-refractivity contribution is 5.95. The molecule has 0 bridgehead atoms. The van der Waals surface area contributed by atoms with Crippen molar-refractivity contribution in [2.24, 2.45) is 5.92 Å². The zero-order valence-corrected chi connectivity index (χ0v) is 10.0. The van der Waals surface area contributed by atoms with E-state index >= 15 is 0 Å². The molecule has 2 atom stereocenters. The van der Waals surface area contributed by atoms with Crippen LogP contribution < -0.4 is 5.32 Å². The van der Waals surface area contributed by atoms with Crippen LogP contribution >= 0.6 is 0 Å². The van der Waals surface area contributed by atoms with E-state index in [1.54, 1.807) is 6.92 Å². The summed E-state index contributed by atoms with van der Waals surface area (Å²) in [5, 5.41) is 29.7. The highest BCUT2D eigenvalue weighted by atomic mass is 16.4. The first-order valence-electron chi connectivity index (χ1n) is 5.38. The third-order valence-electron chi connectivity index (χ3n) is 2.74. The van der Waals surface area contributed by atoms with Crippen LogP contribution in [0.5, 0.6) is 11.5 Å². The molecular weight excluding hydrogens is 238 g/mol. The number of benzene rings is 1. The molecule has 4 N–H and O–H groups in total. The van der Waals surface area contributed by atoms with Crippen LogP contribution in [0.25, 0.3) is 0 Å². The number of carbonyl (C=O) groups is 2. The summed E-state index contributed by atoms with van der Waals surface area (Å²) in [5.41, 5.74) is 0.148. The fraction of sp³-hybridized carbons (Fsp3) is 0.333. The topological polar surface area (TPSA) is 107 Å². The molecule has 0 aromatic heterocycles. The molecule has 1 rings (SSSR count). The minimum absolute atomic E-state index is 0.148. The molecule has 6 heteroatoms. The number of carbonyl (C=O) groups excluding carboxylic acids is 1. The summed E-state index contributed by atoms with van der Waals surface area (Å²) >= 11 is 0. The first-order chi connectivity index (χ1) is 8.32. The molecule has 0 aliphatic carbocycles. The summed E-state index contributed by atoms with van der Waals surface area (Å²) in [6.45, 7) is 3.07. The molecule has 98 valence electrons. The van der Waals surface area contributed by atoms with Gasteiger partial charge in [-0.3, -0.25) is 9.59 Å². The number of nitrogens with one attached hydrogen (secondary N) is 1. The Bertz CT molecular complexity index is 472. The third kappa shape index (κ3) is 3.13. The standard InChI is InChI=1S/C12H15NO5/c1-6(12(17)18)7(2)13-11(16)8-3-4-9(14)10(15)5-8/h3-7,14-15H,1-2H3,(H,13,16)(H,17,18). The van der Waals surface area contributed by atoms with E-state index in [1.165, 1.54) is 19.1 Å². The maximum Gasteiger partial charge on any atom is 0.308 e. The number of phenolic OH excluding ortho intramolecular Hbond substituents is 2. The van der Waals surface area contributed by atoms with E-state index < -0.39 is 29.6 Å². The molecule has 0 spiro atoms. The molecule has 0 radical (unpaired) electrons. The van der Waals surface area contributed by atoms with Crippen molar-refractivity contribution in [3.63, 3.8) is 0 Å². The summed E-state index contributed by atoms with van der Waals surface area (Å²) in [6.07, 6.45) is 0. The van der Waals surface area contributed by atoms with Gasteiger partial charge in [0.25, 0.3) is 5.91 Å². The van der Waals surface area contributed by atoms with Crippen molar-refractivity contribution in [1.82, 2.24) is 5.32 Å². The van der Waals surface area contributed by atoms with Gasteiger partial charge in [-0.2, -0.15) is 0 Å². The van der Waals surface area contributed by atoms with Gasteiger partial charge in [-0.05, 0) is 32.0 Å². The number of amides is 1. The summed E-state index contributed by atoms with van der Waals surface area (Å²) in [6, 6.07) is 3.09. The smallest absolute Gasteiger partial charge is 0.308 e. The Morgan fingerprint density at radius 2 is 1.78 bits per heavy atom. The second kappa shape index (κ2) is 5.39. The van der Waals surface area contributed by atoms with E-state index in [2.05, 4.69) is 5.32 Å². The molecule has 6 nitrogen and oxygen atoms in total. The molecule has 0 heterocycles. The van der Waals surface area contributed by atoms with Crippen molar-refractivity contribution in [2.75, 3.05) is 0 Å². The van der Waals surface area contributed by atoms with Crippen LogP contribution in [-0.4, -0.2) is 33.2 Å². The maximum absolute atomic E-state index is 11.7. The van der Waals surface area contributed by atoms with Crippen molar-refractivity contribution >= 4 is 11.9 Å². The van der Waals surface area contributed by atoms with Crippen molar-refractivity contribution in [2.45, 2.75) is 19.9 Å². The third-order valence-corrected chi connectivity index (χ3v) is 2.74. The minimum Gasteiger partial charge on any atom is -0.504 e. The van der Waals surface area contributed by atoms with Gasteiger partial charge >= 0.3 is 5.97 Å². The Balaban J connectivity index is 2.76. The summed E-state index contributed by atoms with van der Waals surface area (Å²) in [5.74, 6) is -2.96. The lowest BCUT2D eigenvalue weighted by Gasteiger charge is -2.17. The largest absolute Gasteiger partial charge is 0.504 e. The predicted octanol–water partition coefficient (Wildman–Crippen LogP) is 0.937. The van der Waals surface area contributed by atoms with Crippen LogP contribution in [0.3, 0.4) is 0 Å². The van der Waals surface area contributed by atoms with Crippen molar-refractivity contribution in [3.8, 4) is 11.5 Å². The zero-order valence-electron chi connectivity index (χ0n) is 10.0. The molecule has 18 heavy (non-hydrogen) atoms. The fourth-order valence-corrected chi connectivity index (χ4v) is 1.29. The SMILES string of the molecule is CC(NC(=O)c1ccc(O)c(O)c1)C(C)C(=O)O. The molecule has 0 aliphatic rings. The van der Waals surface area contributed by atoms with Crippen LogP contribution in [0.4, 0.5) is 0 Å². The quantitative estimate of drug-likeness (QED) is 0.597. The van der Waals surface area contributed by atoms with E-state index in [4.69, 9.17) is 10.2 Å². The van der Waals surface area contributed by atoms with Gasteiger partial charge in [0.1, 0.15) is 0 Å². The first kappa shape index (κ1) is 13.8. The van der Waals surface area contributed by atoms with Gasteiger partial charge in [-0.25, -0.2) is 0 Å². The van der Waals surface area contributed by atoms with Crippen LogP contribution in [0, 0.1) is 5.92 Å². The first-order valence-corrected chi connectivity index (χ1v) is 5.38. The van der Waals surface area contributed by atoms with Gasteiger partial charge in [0.15, 0.2) is 11.5 Å². The van der Waals surface area contributed by atoms with E-state index in [0.717, 1.165) is 6.07 Å². The van der Waals surface area contributed by atoms with E-state index in [-0.39, 0.29) is 11.3 Å². The Hall–Kier alpha value is -2.24. The van der Waals surface area contributed by atoms with Crippen LogP contribution in [-0.2, 0) is 4.79 Å². The van der Waals surface area contributed by atoms with Crippen LogP contribution in [0.2, 0.25) is 0 Å². The Morgan fingerprint density at radius 3 is 2.28 bits per heavy atom.